The zero-order valence-electron chi connectivity index (χ0n) is 11.9. The van der Waals surface area contributed by atoms with Crippen LogP contribution in [-0.4, -0.2) is 45.0 Å². The zero-order chi connectivity index (χ0) is 15.0. The highest BCUT2D eigenvalue weighted by atomic mass is 16.5. The third kappa shape index (κ3) is 2.78. The molecule has 1 unspecified atom stereocenters. The lowest BCUT2D eigenvalue weighted by Gasteiger charge is -2.42. The number of carboxylic acids is 1. The van der Waals surface area contributed by atoms with Crippen LogP contribution < -0.4 is 5.32 Å². The molecule has 7 heteroatoms. The largest absolute Gasteiger partial charge is 0.481 e. The number of nitrogens with zero attached hydrogens (tertiary/aromatic N) is 2. The fourth-order valence-corrected chi connectivity index (χ4v) is 3.19. The van der Waals surface area contributed by atoms with Crippen molar-refractivity contribution in [3.8, 4) is 0 Å². The molecule has 21 heavy (non-hydrogen) atoms. The summed E-state index contributed by atoms with van der Waals surface area (Å²) in [5.74, 6) is -1.22. The topological polar surface area (TPSA) is 93.5 Å². The highest BCUT2D eigenvalue weighted by Gasteiger charge is 2.52. The van der Waals surface area contributed by atoms with E-state index in [0.717, 1.165) is 12.8 Å². The first kappa shape index (κ1) is 14.1. The van der Waals surface area contributed by atoms with Gasteiger partial charge in [-0.05, 0) is 31.7 Å². The number of aryl methyl sites for hydroxylation is 1. The molecule has 2 fully saturated rings. The lowest BCUT2D eigenvalue weighted by Crippen LogP contribution is -2.47. The van der Waals surface area contributed by atoms with Crippen LogP contribution in [0.5, 0.6) is 0 Å². The van der Waals surface area contributed by atoms with Gasteiger partial charge in [-0.3, -0.25) is 14.3 Å². The van der Waals surface area contributed by atoms with Gasteiger partial charge in [0.15, 0.2) is 0 Å². The molecule has 114 valence electrons. The van der Waals surface area contributed by atoms with Gasteiger partial charge in [-0.2, -0.15) is 5.10 Å². The van der Waals surface area contributed by atoms with Crippen LogP contribution >= 0.6 is 0 Å². The Labute approximate surface area is 122 Å². The van der Waals surface area contributed by atoms with Gasteiger partial charge >= 0.3 is 5.97 Å². The van der Waals surface area contributed by atoms with Crippen LogP contribution in [-0.2, 0) is 16.6 Å². The van der Waals surface area contributed by atoms with Gasteiger partial charge in [0.25, 0.3) is 5.91 Å². The Kier molecular flexibility index (Phi) is 3.44. The molecule has 1 amide bonds. The van der Waals surface area contributed by atoms with Crippen LogP contribution in [0.3, 0.4) is 0 Å². The van der Waals surface area contributed by atoms with E-state index < -0.39 is 5.97 Å². The SMILES string of the molecule is Cn1ccc(C(=O)NCC2CCC3(CC(C(=O)O)C3)O2)n1. The smallest absolute Gasteiger partial charge is 0.306 e. The third-order valence-corrected chi connectivity index (χ3v) is 4.36. The number of ether oxygens (including phenoxy) is 1. The van der Waals surface area contributed by atoms with Gasteiger partial charge in [-0.1, -0.05) is 0 Å². The molecule has 1 saturated heterocycles. The molecule has 7 nitrogen and oxygen atoms in total. The summed E-state index contributed by atoms with van der Waals surface area (Å²) < 4.78 is 7.53. The van der Waals surface area contributed by atoms with Crippen molar-refractivity contribution in [2.24, 2.45) is 13.0 Å². The molecule has 1 aromatic heterocycles. The number of aliphatic carboxylic acids is 1. The number of carbonyl (C=O) groups is 2. The third-order valence-electron chi connectivity index (χ3n) is 4.36. The predicted octanol–water partition coefficient (Wildman–Crippen LogP) is 0.562. The van der Waals surface area contributed by atoms with Gasteiger partial charge in [0.05, 0.1) is 17.6 Å². The Bertz CT molecular complexity index is 562. The number of aromatic nitrogens is 2. The Morgan fingerprint density at radius 3 is 2.95 bits per heavy atom. The standard InChI is InChI=1S/C14H19N3O4/c1-17-5-3-11(16-17)12(18)15-8-10-2-4-14(21-10)6-9(7-14)13(19)20/h3,5,9-10H,2,4,6-8H2,1H3,(H,15,18)(H,19,20). The molecule has 0 aromatic carbocycles. The van der Waals surface area contributed by atoms with E-state index in [-0.39, 0.29) is 23.5 Å². The molecule has 0 bridgehead atoms. The number of hydrogen-bond acceptors (Lipinski definition) is 4. The molecule has 1 aliphatic heterocycles. The van der Waals surface area contributed by atoms with Crippen LogP contribution in [0, 0.1) is 5.92 Å². The minimum absolute atomic E-state index is 0.0348. The highest BCUT2D eigenvalue weighted by Crippen LogP contribution is 2.49. The van der Waals surface area contributed by atoms with Crippen molar-refractivity contribution >= 4 is 11.9 Å². The predicted molar refractivity (Wildman–Crippen MR) is 72.7 cm³/mol. The van der Waals surface area contributed by atoms with Crippen molar-refractivity contribution in [2.75, 3.05) is 6.54 Å². The fourth-order valence-electron chi connectivity index (χ4n) is 3.19. The first-order chi connectivity index (χ1) is 9.97. The van der Waals surface area contributed by atoms with E-state index in [1.807, 2.05) is 0 Å². The average molecular weight is 293 g/mol. The van der Waals surface area contributed by atoms with Gasteiger partial charge in [-0.25, -0.2) is 0 Å². The van der Waals surface area contributed by atoms with Crippen LogP contribution in [0.15, 0.2) is 12.3 Å². The molecular formula is C14H19N3O4. The maximum Gasteiger partial charge on any atom is 0.306 e. The molecule has 3 rings (SSSR count). The van der Waals surface area contributed by atoms with Crippen LogP contribution in [0.4, 0.5) is 0 Å². The molecular weight excluding hydrogens is 274 g/mol. The summed E-state index contributed by atoms with van der Waals surface area (Å²) in [6, 6.07) is 1.66. The number of hydrogen-bond donors (Lipinski definition) is 2. The average Bonchev–Trinajstić information content (AvgIpc) is 3.00. The van der Waals surface area contributed by atoms with Crippen molar-refractivity contribution in [1.29, 1.82) is 0 Å². The molecule has 2 N–H and O–H groups in total. The zero-order valence-corrected chi connectivity index (χ0v) is 11.9. The Balaban J connectivity index is 1.46. The van der Waals surface area contributed by atoms with Crippen LogP contribution in [0.1, 0.15) is 36.2 Å². The maximum atomic E-state index is 11.9. The van der Waals surface area contributed by atoms with Crippen molar-refractivity contribution in [3.63, 3.8) is 0 Å². The Morgan fingerprint density at radius 1 is 1.57 bits per heavy atom. The van der Waals surface area contributed by atoms with E-state index in [0.29, 0.717) is 25.1 Å². The molecule has 2 heterocycles. The number of amides is 1. The maximum absolute atomic E-state index is 11.9. The van der Waals surface area contributed by atoms with Crippen LogP contribution in [0.2, 0.25) is 0 Å². The monoisotopic (exact) mass is 293 g/mol. The van der Waals surface area contributed by atoms with Crippen molar-refractivity contribution in [3.05, 3.63) is 18.0 Å². The quantitative estimate of drug-likeness (QED) is 0.846. The van der Waals surface area contributed by atoms with Crippen molar-refractivity contribution < 1.29 is 19.4 Å². The number of nitrogens with one attached hydrogen (secondary N) is 1. The minimum Gasteiger partial charge on any atom is -0.481 e. The summed E-state index contributed by atoms with van der Waals surface area (Å²) in [5.41, 5.74) is 0.128. The normalized spacial score (nSPS) is 31.1. The Hall–Kier alpha value is -1.89. The molecule has 1 atom stereocenters. The summed E-state index contributed by atoms with van der Waals surface area (Å²) in [5, 5.41) is 15.8. The van der Waals surface area contributed by atoms with E-state index in [1.54, 1.807) is 24.0 Å². The van der Waals surface area contributed by atoms with Gasteiger partial charge < -0.3 is 15.2 Å². The van der Waals surface area contributed by atoms with E-state index in [4.69, 9.17) is 9.84 Å². The second kappa shape index (κ2) is 5.14. The fraction of sp³-hybridized carbons (Fsp3) is 0.643. The number of rotatable bonds is 4. The number of carbonyl (C=O) groups excluding carboxylic acids is 1. The van der Waals surface area contributed by atoms with Gasteiger partial charge in [0.1, 0.15) is 5.69 Å². The first-order valence-corrected chi connectivity index (χ1v) is 7.16. The van der Waals surface area contributed by atoms with E-state index in [1.165, 1.54) is 0 Å². The molecule has 1 aromatic rings. The van der Waals surface area contributed by atoms with Crippen molar-refractivity contribution in [1.82, 2.24) is 15.1 Å². The number of carboxylic acid groups (broad SMARTS) is 1. The first-order valence-electron chi connectivity index (χ1n) is 7.16. The van der Waals surface area contributed by atoms with E-state index in [2.05, 4.69) is 10.4 Å². The second-order valence-corrected chi connectivity index (χ2v) is 5.99. The lowest BCUT2D eigenvalue weighted by atomic mass is 9.69. The van der Waals surface area contributed by atoms with E-state index in [9.17, 15) is 9.59 Å². The van der Waals surface area contributed by atoms with Gasteiger partial charge in [0.2, 0.25) is 0 Å². The molecule has 0 radical (unpaired) electrons. The lowest BCUT2D eigenvalue weighted by molar-refractivity contribution is -0.164. The second-order valence-electron chi connectivity index (χ2n) is 5.99. The van der Waals surface area contributed by atoms with Crippen LogP contribution in [0.25, 0.3) is 0 Å². The molecule has 1 aliphatic carbocycles. The van der Waals surface area contributed by atoms with Gasteiger partial charge in [0, 0.05) is 19.8 Å². The minimum atomic E-state index is -0.740. The Morgan fingerprint density at radius 2 is 2.33 bits per heavy atom. The van der Waals surface area contributed by atoms with Crippen molar-refractivity contribution in [2.45, 2.75) is 37.4 Å². The van der Waals surface area contributed by atoms with Gasteiger partial charge in [-0.15, -0.1) is 0 Å². The van der Waals surface area contributed by atoms with E-state index >= 15 is 0 Å². The summed E-state index contributed by atoms with van der Waals surface area (Å²) in [6.07, 6.45) is 4.60. The summed E-state index contributed by atoms with van der Waals surface area (Å²) in [7, 11) is 1.76. The summed E-state index contributed by atoms with van der Waals surface area (Å²) >= 11 is 0. The molecule has 2 aliphatic rings. The highest BCUT2D eigenvalue weighted by molar-refractivity contribution is 5.92. The molecule has 1 spiro atoms. The summed E-state index contributed by atoms with van der Waals surface area (Å²) in [4.78, 5) is 22.7. The molecule has 1 saturated carbocycles. The summed E-state index contributed by atoms with van der Waals surface area (Å²) in [6.45, 7) is 0.439.